The first-order valence-corrected chi connectivity index (χ1v) is 8.06. The molecule has 6 nitrogen and oxygen atoms in total. The molecule has 0 aliphatic carbocycles. The van der Waals surface area contributed by atoms with Gasteiger partial charge in [0.15, 0.2) is 6.10 Å². The third kappa shape index (κ3) is 5.94. The Bertz CT molecular complexity index is 487. The van der Waals surface area contributed by atoms with Crippen LogP contribution in [0.3, 0.4) is 0 Å². The van der Waals surface area contributed by atoms with Crippen LogP contribution in [0.2, 0.25) is 0 Å². The molecule has 1 aromatic carbocycles. The summed E-state index contributed by atoms with van der Waals surface area (Å²) in [5, 5.41) is 0. The number of hydrogen-bond acceptors (Lipinski definition) is 5. The van der Waals surface area contributed by atoms with Gasteiger partial charge in [-0.1, -0.05) is 25.1 Å². The molecule has 1 aliphatic heterocycles. The lowest BCUT2D eigenvalue weighted by molar-refractivity contribution is -0.415. The average Bonchev–Trinajstić information content (AvgIpc) is 2.60. The molecule has 0 spiro atoms. The highest BCUT2D eigenvalue weighted by atomic mass is 35.5. The molecule has 7 heteroatoms. The fourth-order valence-corrected chi connectivity index (χ4v) is 2.38. The van der Waals surface area contributed by atoms with Crippen molar-refractivity contribution >= 4 is 5.97 Å². The average molecular weight is 360 g/mol. The lowest BCUT2D eigenvalue weighted by Crippen LogP contribution is -3.00. The van der Waals surface area contributed by atoms with Gasteiger partial charge in [-0.15, -0.1) is 0 Å². The summed E-state index contributed by atoms with van der Waals surface area (Å²) >= 11 is 0. The molecule has 0 aromatic heterocycles. The van der Waals surface area contributed by atoms with Crippen LogP contribution < -0.4 is 22.9 Å². The van der Waals surface area contributed by atoms with Gasteiger partial charge in [0.25, 0.3) is 0 Å². The predicted octanol–water partition coefficient (Wildman–Crippen LogP) is -2.19. The number of para-hydroxylation sites is 1. The molecule has 1 heterocycles. The van der Waals surface area contributed by atoms with Crippen molar-refractivity contribution in [1.82, 2.24) is 0 Å². The molecule has 0 amide bonds. The van der Waals surface area contributed by atoms with Gasteiger partial charge in [0.1, 0.15) is 24.6 Å². The quantitative estimate of drug-likeness (QED) is 0.604. The lowest BCUT2D eigenvalue weighted by atomic mass is 10.1. The Hall–Kier alpha value is -1.34. The fourth-order valence-electron chi connectivity index (χ4n) is 2.38. The maximum atomic E-state index is 12.0. The summed E-state index contributed by atoms with van der Waals surface area (Å²) in [5.74, 6) is 0.325. The number of esters is 1. The summed E-state index contributed by atoms with van der Waals surface area (Å²) < 4.78 is 23.0. The number of ether oxygens (including phenoxy) is 4. The molecule has 0 saturated carbocycles. The van der Waals surface area contributed by atoms with Gasteiger partial charge in [-0.2, -0.15) is 0 Å². The topological polar surface area (TPSA) is 81.6 Å². The van der Waals surface area contributed by atoms with Gasteiger partial charge in [0, 0.05) is 6.61 Å². The Morgan fingerprint density at radius 2 is 1.96 bits per heavy atom. The van der Waals surface area contributed by atoms with E-state index < -0.39 is 18.2 Å². The summed E-state index contributed by atoms with van der Waals surface area (Å²) in [4.78, 5) is 12.0. The molecule has 0 unspecified atom stereocenters. The van der Waals surface area contributed by atoms with Gasteiger partial charge in [0.2, 0.25) is 6.04 Å². The van der Waals surface area contributed by atoms with Crippen LogP contribution in [0.25, 0.3) is 0 Å². The first-order valence-electron chi connectivity index (χ1n) is 8.06. The van der Waals surface area contributed by atoms with Crippen LogP contribution in [0.5, 0.6) is 5.75 Å². The smallest absolute Gasteiger partial charge is 0.367 e. The number of rotatable bonds is 5. The zero-order chi connectivity index (χ0) is 16.7. The second kappa shape index (κ2) is 10.5. The van der Waals surface area contributed by atoms with Crippen molar-refractivity contribution in [2.75, 3.05) is 19.8 Å². The summed E-state index contributed by atoms with van der Waals surface area (Å²) in [6.45, 7) is 5.00. The number of benzene rings is 1. The van der Waals surface area contributed by atoms with Crippen LogP contribution in [-0.4, -0.2) is 50.1 Å². The first kappa shape index (κ1) is 20.7. The van der Waals surface area contributed by atoms with Crippen molar-refractivity contribution < 1.29 is 41.9 Å². The molecule has 24 heavy (non-hydrogen) atoms. The molecule has 0 radical (unpaired) electrons. The van der Waals surface area contributed by atoms with E-state index >= 15 is 0 Å². The van der Waals surface area contributed by atoms with Crippen LogP contribution in [0, 0.1) is 0 Å². The number of carbonyl (C=O) groups excluding carboxylic acids is 1. The number of carbonyl (C=O) groups is 1. The summed E-state index contributed by atoms with van der Waals surface area (Å²) in [6.07, 6.45) is -0.335. The zero-order valence-corrected chi connectivity index (χ0v) is 14.9. The van der Waals surface area contributed by atoms with Gasteiger partial charge in [-0.05, 0) is 25.5 Å². The lowest BCUT2D eigenvalue weighted by Gasteiger charge is -2.30. The molecule has 0 bridgehead atoms. The molecule has 136 valence electrons. The second-order valence-electron chi connectivity index (χ2n) is 5.68. The molecule has 1 saturated heterocycles. The molecule has 1 aromatic rings. The first-order chi connectivity index (χ1) is 11.1. The van der Waals surface area contributed by atoms with Crippen LogP contribution >= 0.6 is 0 Å². The van der Waals surface area contributed by atoms with Gasteiger partial charge < -0.3 is 37.1 Å². The Balaban J connectivity index is 0.00000288. The standard InChI is InChI=1S/C17H25NO5.ClH/c1-3-9-21-15-11-20-10-14(18)17(19)22-12(2)16(15)23-13-7-5-4-6-8-13;/h4-8,12,14-16H,3,9-11,18H2,1-2H3;1H/t12-,14-,15-,16-;/m0./s1. The van der Waals surface area contributed by atoms with E-state index in [1.165, 1.54) is 0 Å². The van der Waals surface area contributed by atoms with E-state index in [9.17, 15) is 4.79 Å². The van der Waals surface area contributed by atoms with Crippen molar-refractivity contribution in [2.24, 2.45) is 0 Å². The maximum absolute atomic E-state index is 12.0. The second-order valence-corrected chi connectivity index (χ2v) is 5.68. The van der Waals surface area contributed by atoms with E-state index in [0.717, 1.165) is 6.42 Å². The minimum absolute atomic E-state index is 0. The Morgan fingerprint density at radius 1 is 1.25 bits per heavy atom. The van der Waals surface area contributed by atoms with Gasteiger partial charge >= 0.3 is 5.97 Å². The number of halogens is 1. The van der Waals surface area contributed by atoms with E-state index in [2.05, 4.69) is 5.73 Å². The third-order valence-electron chi connectivity index (χ3n) is 3.62. The highest BCUT2D eigenvalue weighted by molar-refractivity contribution is 5.74. The SMILES string of the molecule is CCCO[C@H]1COC[C@H]([NH3+])C(=O)O[C@@H](C)[C@@H]1Oc1ccccc1.[Cl-]. The van der Waals surface area contributed by atoms with Gasteiger partial charge in [-0.3, -0.25) is 0 Å². The van der Waals surface area contributed by atoms with Gasteiger partial charge in [0.05, 0.1) is 6.61 Å². The van der Waals surface area contributed by atoms with Crippen molar-refractivity contribution in [3.8, 4) is 5.75 Å². The number of quaternary nitrogens is 1. The van der Waals surface area contributed by atoms with E-state index in [1.54, 1.807) is 0 Å². The zero-order valence-electron chi connectivity index (χ0n) is 14.2. The highest BCUT2D eigenvalue weighted by Crippen LogP contribution is 2.20. The highest BCUT2D eigenvalue weighted by Gasteiger charge is 2.36. The van der Waals surface area contributed by atoms with Crippen LogP contribution in [-0.2, 0) is 19.0 Å². The number of hydrogen-bond donors (Lipinski definition) is 1. The summed E-state index contributed by atoms with van der Waals surface area (Å²) in [5.41, 5.74) is 3.77. The van der Waals surface area contributed by atoms with Crippen LogP contribution in [0.4, 0.5) is 0 Å². The van der Waals surface area contributed by atoms with Gasteiger partial charge in [-0.25, -0.2) is 4.79 Å². The molecule has 4 atom stereocenters. The Labute approximate surface area is 149 Å². The van der Waals surface area contributed by atoms with E-state index in [1.807, 2.05) is 44.2 Å². The molecule has 1 aliphatic rings. The van der Waals surface area contributed by atoms with Crippen molar-refractivity contribution in [1.29, 1.82) is 0 Å². The van der Waals surface area contributed by atoms with E-state index in [4.69, 9.17) is 18.9 Å². The van der Waals surface area contributed by atoms with E-state index in [-0.39, 0.29) is 31.1 Å². The number of cyclic esters (lactones) is 1. The fraction of sp³-hybridized carbons (Fsp3) is 0.588. The Kier molecular flexibility index (Phi) is 9.07. The minimum Gasteiger partial charge on any atom is -1.00 e. The van der Waals surface area contributed by atoms with Crippen LogP contribution in [0.15, 0.2) is 30.3 Å². The minimum atomic E-state index is -0.542. The normalized spacial score (nSPS) is 27.9. The predicted molar refractivity (Wildman–Crippen MR) is 83.9 cm³/mol. The molecular weight excluding hydrogens is 334 g/mol. The van der Waals surface area contributed by atoms with E-state index in [0.29, 0.717) is 19.0 Å². The molecule has 1 fully saturated rings. The Morgan fingerprint density at radius 3 is 2.62 bits per heavy atom. The van der Waals surface area contributed by atoms with Crippen molar-refractivity contribution in [2.45, 2.75) is 44.6 Å². The maximum Gasteiger partial charge on any atom is 0.367 e. The summed E-state index contributed by atoms with van der Waals surface area (Å²) in [6, 6.07) is 8.89. The third-order valence-corrected chi connectivity index (χ3v) is 3.62. The summed E-state index contributed by atoms with van der Waals surface area (Å²) in [7, 11) is 0. The van der Waals surface area contributed by atoms with Crippen molar-refractivity contribution in [3.05, 3.63) is 30.3 Å². The van der Waals surface area contributed by atoms with Crippen molar-refractivity contribution in [3.63, 3.8) is 0 Å². The monoisotopic (exact) mass is 359 g/mol. The molecule has 2 rings (SSSR count). The largest absolute Gasteiger partial charge is 1.00 e. The molecule has 3 N–H and O–H groups in total. The molecular formula is C17H26ClNO5. The van der Waals surface area contributed by atoms with Crippen LogP contribution in [0.1, 0.15) is 20.3 Å².